The Morgan fingerprint density at radius 3 is 2.00 bits per heavy atom. The van der Waals surface area contributed by atoms with E-state index in [1.54, 1.807) is 0 Å². The highest BCUT2D eigenvalue weighted by atomic mass is 16.3. The maximum atomic E-state index is 9.33. The van der Waals surface area contributed by atoms with Gasteiger partial charge in [0, 0.05) is 18.1 Å². The molecule has 0 amide bonds. The van der Waals surface area contributed by atoms with E-state index in [1.165, 1.54) is 0 Å². The minimum absolute atomic E-state index is 0.0347. The maximum Gasteiger partial charge on any atom is 0.0489 e. The number of nitrogens with zero attached hydrogens (tertiary/aromatic N) is 1. The molecule has 2 atom stereocenters. The predicted molar refractivity (Wildman–Crippen MR) is 61.2 cm³/mol. The maximum absolute atomic E-state index is 9.33. The van der Waals surface area contributed by atoms with E-state index in [9.17, 15) is 5.11 Å². The van der Waals surface area contributed by atoms with Crippen molar-refractivity contribution in [3.8, 4) is 0 Å². The lowest BCUT2D eigenvalue weighted by atomic mass is 9.82. The molecule has 0 fully saturated rings. The molecule has 0 aromatic heterocycles. The Balaban J connectivity index is 4.72. The molecule has 0 spiro atoms. The summed E-state index contributed by atoms with van der Waals surface area (Å²) in [5.74, 6) is 0.174. The van der Waals surface area contributed by atoms with Gasteiger partial charge in [0.05, 0.1) is 0 Å². The molecule has 14 heavy (non-hydrogen) atoms. The van der Waals surface area contributed by atoms with Crippen molar-refractivity contribution in [1.82, 2.24) is 4.90 Å². The molecule has 0 saturated carbocycles. The van der Waals surface area contributed by atoms with Gasteiger partial charge in [-0.25, -0.2) is 0 Å². The minimum Gasteiger partial charge on any atom is -0.396 e. The molecule has 3 N–H and O–H groups in total. The first-order valence-corrected chi connectivity index (χ1v) is 5.66. The summed E-state index contributed by atoms with van der Waals surface area (Å²) < 4.78 is 0. The number of aliphatic hydroxyl groups excluding tert-OH is 1. The molecule has 0 unspecified atom stereocenters. The van der Waals surface area contributed by atoms with E-state index < -0.39 is 0 Å². The third-order valence-corrected chi connectivity index (χ3v) is 3.59. The van der Waals surface area contributed by atoms with Crippen LogP contribution in [0.5, 0.6) is 0 Å². The predicted octanol–water partition coefficient (Wildman–Crippen LogP) is 1.06. The molecule has 0 aliphatic heterocycles. The van der Waals surface area contributed by atoms with Gasteiger partial charge in [-0.15, -0.1) is 0 Å². The van der Waals surface area contributed by atoms with Gasteiger partial charge in [0.15, 0.2) is 0 Å². The van der Waals surface area contributed by atoms with Crippen molar-refractivity contribution in [2.45, 2.75) is 39.7 Å². The Bertz CT molecular complexity index is 130. The number of aliphatic hydroxyl groups is 1. The Kier molecular flexibility index (Phi) is 6.33. The number of hydrogen-bond acceptors (Lipinski definition) is 3. The molecule has 0 saturated heterocycles. The van der Waals surface area contributed by atoms with Crippen molar-refractivity contribution in [3.63, 3.8) is 0 Å². The highest BCUT2D eigenvalue weighted by molar-refractivity contribution is 4.91. The van der Waals surface area contributed by atoms with Crippen molar-refractivity contribution in [2.75, 3.05) is 26.2 Å². The first-order valence-electron chi connectivity index (χ1n) is 5.66. The van der Waals surface area contributed by atoms with Gasteiger partial charge in [0.1, 0.15) is 0 Å². The van der Waals surface area contributed by atoms with Gasteiger partial charge >= 0.3 is 0 Å². The van der Waals surface area contributed by atoms with Crippen LogP contribution in [-0.2, 0) is 0 Å². The first kappa shape index (κ1) is 13.9. The van der Waals surface area contributed by atoms with E-state index in [1.807, 2.05) is 0 Å². The molecular formula is C11H26N2O. The SMILES string of the molecule is CCN(CC)[C@](C)(CC)[C@@H](CN)CO. The molecule has 0 heterocycles. The lowest BCUT2D eigenvalue weighted by Gasteiger charge is -2.44. The first-order chi connectivity index (χ1) is 6.60. The second-order valence-electron chi connectivity index (χ2n) is 4.00. The van der Waals surface area contributed by atoms with Crippen LogP contribution < -0.4 is 5.73 Å². The van der Waals surface area contributed by atoms with Crippen molar-refractivity contribution >= 4 is 0 Å². The van der Waals surface area contributed by atoms with E-state index in [0.717, 1.165) is 19.5 Å². The third kappa shape index (κ3) is 2.69. The minimum atomic E-state index is 0.0347. The second kappa shape index (κ2) is 6.38. The largest absolute Gasteiger partial charge is 0.396 e. The van der Waals surface area contributed by atoms with Crippen LogP contribution in [-0.4, -0.2) is 41.8 Å². The Morgan fingerprint density at radius 1 is 1.29 bits per heavy atom. The number of rotatable bonds is 7. The van der Waals surface area contributed by atoms with Crippen molar-refractivity contribution < 1.29 is 5.11 Å². The van der Waals surface area contributed by atoms with Crippen LogP contribution in [0.1, 0.15) is 34.1 Å². The van der Waals surface area contributed by atoms with Gasteiger partial charge in [-0.3, -0.25) is 4.90 Å². The zero-order valence-electron chi connectivity index (χ0n) is 10.1. The van der Waals surface area contributed by atoms with Crippen molar-refractivity contribution in [3.05, 3.63) is 0 Å². The molecule has 3 heteroatoms. The molecule has 0 radical (unpaired) electrons. The van der Waals surface area contributed by atoms with Gasteiger partial charge < -0.3 is 10.8 Å². The summed E-state index contributed by atoms with van der Waals surface area (Å²) in [5, 5.41) is 9.33. The van der Waals surface area contributed by atoms with Crippen molar-refractivity contribution in [1.29, 1.82) is 0 Å². The molecule has 0 rings (SSSR count). The van der Waals surface area contributed by atoms with E-state index in [2.05, 4.69) is 32.6 Å². The molecule has 0 aliphatic rings. The van der Waals surface area contributed by atoms with E-state index in [4.69, 9.17) is 5.73 Å². The topological polar surface area (TPSA) is 49.5 Å². The highest BCUT2D eigenvalue weighted by Crippen LogP contribution is 2.27. The summed E-state index contributed by atoms with van der Waals surface area (Å²) >= 11 is 0. The fourth-order valence-electron chi connectivity index (χ4n) is 2.24. The lowest BCUT2D eigenvalue weighted by molar-refractivity contribution is 0.0259. The summed E-state index contributed by atoms with van der Waals surface area (Å²) in [6.45, 7) is 11.4. The second-order valence-corrected chi connectivity index (χ2v) is 4.00. The summed E-state index contributed by atoms with van der Waals surface area (Å²) in [5.41, 5.74) is 5.74. The molecule has 86 valence electrons. The van der Waals surface area contributed by atoms with Gasteiger partial charge in [-0.1, -0.05) is 20.8 Å². The average Bonchev–Trinajstić information content (AvgIpc) is 2.21. The van der Waals surface area contributed by atoms with E-state index >= 15 is 0 Å². The normalized spacial score (nSPS) is 18.2. The Morgan fingerprint density at radius 2 is 1.79 bits per heavy atom. The smallest absolute Gasteiger partial charge is 0.0489 e. The van der Waals surface area contributed by atoms with Crippen LogP contribution in [0.3, 0.4) is 0 Å². The molecule has 0 aliphatic carbocycles. The van der Waals surface area contributed by atoms with Gasteiger partial charge in [0.25, 0.3) is 0 Å². The van der Waals surface area contributed by atoms with Crippen LogP contribution >= 0.6 is 0 Å². The quantitative estimate of drug-likeness (QED) is 0.649. The van der Waals surface area contributed by atoms with Gasteiger partial charge in [-0.05, 0) is 33.0 Å². The standard InChI is InChI=1S/C11H26N2O/c1-5-11(4,10(8-12)9-14)13(6-2)7-3/h10,14H,5-9,12H2,1-4H3/t10-,11+/m0/s1. The molecule has 3 nitrogen and oxygen atoms in total. The van der Waals surface area contributed by atoms with E-state index in [0.29, 0.717) is 6.54 Å². The van der Waals surface area contributed by atoms with Crippen LogP contribution in [0, 0.1) is 5.92 Å². The van der Waals surface area contributed by atoms with Crippen LogP contribution in [0.2, 0.25) is 0 Å². The van der Waals surface area contributed by atoms with Crippen LogP contribution in [0.4, 0.5) is 0 Å². The molecular weight excluding hydrogens is 176 g/mol. The van der Waals surface area contributed by atoms with Crippen LogP contribution in [0.15, 0.2) is 0 Å². The number of nitrogens with two attached hydrogens (primary N) is 1. The Hall–Kier alpha value is -0.120. The lowest BCUT2D eigenvalue weighted by Crippen LogP contribution is -2.54. The van der Waals surface area contributed by atoms with E-state index in [-0.39, 0.29) is 18.1 Å². The summed E-state index contributed by atoms with van der Waals surface area (Å²) in [6, 6.07) is 0. The molecule has 0 aromatic rings. The summed E-state index contributed by atoms with van der Waals surface area (Å²) in [7, 11) is 0. The highest BCUT2D eigenvalue weighted by Gasteiger charge is 2.35. The third-order valence-electron chi connectivity index (χ3n) is 3.59. The van der Waals surface area contributed by atoms with Gasteiger partial charge in [0.2, 0.25) is 0 Å². The van der Waals surface area contributed by atoms with Gasteiger partial charge in [-0.2, -0.15) is 0 Å². The van der Waals surface area contributed by atoms with Crippen molar-refractivity contribution in [2.24, 2.45) is 11.7 Å². The molecule has 0 bridgehead atoms. The zero-order valence-corrected chi connectivity index (χ0v) is 10.1. The fraction of sp³-hybridized carbons (Fsp3) is 1.00. The molecule has 0 aromatic carbocycles. The summed E-state index contributed by atoms with van der Waals surface area (Å²) in [4.78, 5) is 2.39. The Labute approximate surface area is 88.3 Å². The fourth-order valence-corrected chi connectivity index (χ4v) is 2.24. The zero-order chi connectivity index (χ0) is 11.2. The monoisotopic (exact) mass is 202 g/mol. The van der Waals surface area contributed by atoms with Crippen LogP contribution in [0.25, 0.3) is 0 Å². The average molecular weight is 202 g/mol. The summed E-state index contributed by atoms with van der Waals surface area (Å²) in [6.07, 6.45) is 1.02. The number of hydrogen-bond donors (Lipinski definition) is 2.